The number of amides is 1. The zero-order valence-electron chi connectivity index (χ0n) is 16.9. The van der Waals surface area contributed by atoms with Gasteiger partial charge in [-0.3, -0.25) is 4.79 Å². The lowest BCUT2D eigenvalue weighted by Crippen LogP contribution is -2.57. The van der Waals surface area contributed by atoms with E-state index < -0.39 is 0 Å². The molecule has 0 aliphatic heterocycles. The SMILES string of the molecule is C[C@H](NC(=O)CC12C[C@@H]3C[C@H](CC(Br)(C3)C1)C2)C12CC3CC(CC(C3)C1)C2. The monoisotopic (exact) mass is 433 g/mol. The normalized spacial score (nSPS) is 55.7. The summed E-state index contributed by atoms with van der Waals surface area (Å²) in [6.07, 6.45) is 17.4. The van der Waals surface area contributed by atoms with E-state index in [4.69, 9.17) is 0 Å². The van der Waals surface area contributed by atoms with Crippen molar-refractivity contribution in [2.24, 2.45) is 40.4 Å². The number of carbonyl (C=O) groups excluding carboxylic acids is 1. The van der Waals surface area contributed by atoms with Gasteiger partial charge in [0.05, 0.1) is 0 Å². The van der Waals surface area contributed by atoms with Crippen LogP contribution in [0.4, 0.5) is 0 Å². The van der Waals surface area contributed by atoms with Crippen molar-refractivity contribution in [3.05, 3.63) is 0 Å². The number of carbonyl (C=O) groups is 1. The Hall–Kier alpha value is -0.0500. The maximum Gasteiger partial charge on any atom is 0.220 e. The molecule has 3 heteroatoms. The molecule has 0 saturated heterocycles. The van der Waals surface area contributed by atoms with Gasteiger partial charge in [-0.1, -0.05) is 15.9 Å². The lowest BCUT2D eigenvalue weighted by molar-refractivity contribution is -0.132. The molecule has 1 amide bonds. The molecule has 0 aromatic rings. The van der Waals surface area contributed by atoms with Crippen molar-refractivity contribution < 1.29 is 4.79 Å². The van der Waals surface area contributed by atoms with E-state index >= 15 is 0 Å². The lowest BCUT2D eigenvalue weighted by atomic mass is 9.47. The molecule has 8 fully saturated rings. The van der Waals surface area contributed by atoms with Crippen LogP contribution in [0.15, 0.2) is 0 Å². The fourth-order valence-electron chi connectivity index (χ4n) is 10.0. The molecule has 0 unspecified atom stereocenters. The zero-order chi connectivity index (χ0) is 18.4. The van der Waals surface area contributed by atoms with Crippen LogP contribution in [0.1, 0.15) is 90.4 Å². The molecule has 0 aromatic heterocycles. The average Bonchev–Trinajstić information content (AvgIpc) is 2.50. The van der Waals surface area contributed by atoms with Crippen LogP contribution in [0.25, 0.3) is 0 Å². The summed E-state index contributed by atoms with van der Waals surface area (Å²) < 4.78 is 0.364. The van der Waals surface area contributed by atoms with Crippen molar-refractivity contribution >= 4 is 21.8 Å². The Morgan fingerprint density at radius 2 is 1.41 bits per heavy atom. The lowest BCUT2D eigenvalue weighted by Gasteiger charge is -2.60. The van der Waals surface area contributed by atoms with Gasteiger partial charge in [-0.05, 0) is 124 Å². The van der Waals surface area contributed by atoms with E-state index in [1.807, 2.05) is 0 Å². The number of rotatable bonds is 4. The van der Waals surface area contributed by atoms with Gasteiger partial charge in [-0.15, -0.1) is 0 Å². The van der Waals surface area contributed by atoms with Crippen LogP contribution in [-0.2, 0) is 4.79 Å². The first-order chi connectivity index (χ1) is 12.8. The number of hydrogen-bond acceptors (Lipinski definition) is 1. The van der Waals surface area contributed by atoms with Gasteiger partial charge in [0.25, 0.3) is 0 Å². The van der Waals surface area contributed by atoms with Gasteiger partial charge >= 0.3 is 0 Å². The van der Waals surface area contributed by atoms with Crippen molar-refractivity contribution in [2.75, 3.05) is 0 Å². The molecule has 3 atom stereocenters. The number of nitrogens with one attached hydrogen (secondary N) is 1. The average molecular weight is 434 g/mol. The van der Waals surface area contributed by atoms with E-state index in [2.05, 4.69) is 28.2 Å². The van der Waals surface area contributed by atoms with Crippen LogP contribution in [0.2, 0.25) is 0 Å². The Morgan fingerprint density at radius 3 is 1.93 bits per heavy atom. The third kappa shape index (κ3) is 2.88. The highest BCUT2D eigenvalue weighted by molar-refractivity contribution is 9.10. The molecular formula is C24H36BrNO. The van der Waals surface area contributed by atoms with Crippen LogP contribution in [0.5, 0.6) is 0 Å². The Labute approximate surface area is 173 Å². The summed E-state index contributed by atoms with van der Waals surface area (Å²) in [7, 11) is 0. The topological polar surface area (TPSA) is 29.1 Å². The maximum absolute atomic E-state index is 13.2. The van der Waals surface area contributed by atoms with Crippen molar-refractivity contribution in [2.45, 2.75) is 101 Å². The first-order valence-corrected chi connectivity index (χ1v) is 12.6. The Balaban J connectivity index is 1.15. The smallest absolute Gasteiger partial charge is 0.220 e. The minimum Gasteiger partial charge on any atom is -0.353 e. The van der Waals surface area contributed by atoms with Crippen LogP contribution in [0, 0.1) is 40.4 Å². The van der Waals surface area contributed by atoms with Gasteiger partial charge in [0.15, 0.2) is 0 Å². The van der Waals surface area contributed by atoms with Gasteiger partial charge in [0.1, 0.15) is 0 Å². The molecule has 8 bridgehead atoms. The molecule has 8 saturated carbocycles. The number of halogens is 1. The molecule has 1 N–H and O–H groups in total. The molecule has 0 heterocycles. The van der Waals surface area contributed by atoms with Crippen molar-refractivity contribution in [1.82, 2.24) is 5.32 Å². The van der Waals surface area contributed by atoms with E-state index in [1.54, 1.807) is 0 Å². The van der Waals surface area contributed by atoms with Gasteiger partial charge in [0.2, 0.25) is 5.91 Å². The Kier molecular flexibility index (Phi) is 3.79. The second-order valence-corrected chi connectivity index (χ2v) is 14.0. The molecule has 2 nitrogen and oxygen atoms in total. The molecule has 0 aromatic carbocycles. The maximum atomic E-state index is 13.2. The largest absolute Gasteiger partial charge is 0.353 e. The summed E-state index contributed by atoms with van der Waals surface area (Å²) in [6, 6.07) is 0.380. The fourth-order valence-corrected chi connectivity index (χ4v) is 11.5. The highest BCUT2D eigenvalue weighted by atomic mass is 79.9. The van der Waals surface area contributed by atoms with Gasteiger partial charge in [-0.25, -0.2) is 0 Å². The summed E-state index contributed by atoms with van der Waals surface area (Å²) >= 11 is 4.11. The van der Waals surface area contributed by atoms with E-state index in [1.165, 1.54) is 77.0 Å². The predicted octanol–water partition coefficient (Wildman–Crippen LogP) is 5.83. The fraction of sp³-hybridized carbons (Fsp3) is 0.958. The molecule has 8 aliphatic carbocycles. The van der Waals surface area contributed by atoms with Crippen LogP contribution >= 0.6 is 15.9 Å². The van der Waals surface area contributed by atoms with Gasteiger partial charge in [0, 0.05) is 16.8 Å². The van der Waals surface area contributed by atoms with Gasteiger partial charge in [-0.2, -0.15) is 0 Å². The first-order valence-electron chi connectivity index (χ1n) is 11.8. The van der Waals surface area contributed by atoms with Gasteiger partial charge < -0.3 is 5.32 Å². The molecule has 150 valence electrons. The molecule has 8 rings (SSSR count). The molecule has 0 spiro atoms. The standard InChI is InChI=1S/C24H36BrNO/c1-15(23-8-16-2-17(9-23)4-18(3-16)10-23)26-21(27)13-22-6-19-5-20(7-22)12-24(25,11-19)14-22/h15-20H,2-14H2,1H3,(H,26,27)/t15-,16?,17?,18?,19-,20-,22?,23?,24?/m0/s1. The summed E-state index contributed by atoms with van der Waals surface area (Å²) in [6.45, 7) is 2.34. The van der Waals surface area contributed by atoms with Crippen molar-refractivity contribution in [3.8, 4) is 0 Å². The van der Waals surface area contributed by atoms with E-state index in [0.717, 1.165) is 36.0 Å². The highest BCUT2D eigenvalue weighted by Gasteiger charge is 2.58. The van der Waals surface area contributed by atoms with Crippen molar-refractivity contribution in [3.63, 3.8) is 0 Å². The minimum absolute atomic E-state index is 0.304. The summed E-state index contributed by atoms with van der Waals surface area (Å²) in [4.78, 5) is 13.2. The predicted molar refractivity (Wildman–Crippen MR) is 112 cm³/mol. The molecule has 0 radical (unpaired) electrons. The Morgan fingerprint density at radius 1 is 0.889 bits per heavy atom. The number of alkyl halides is 1. The van der Waals surface area contributed by atoms with E-state index in [9.17, 15) is 4.79 Å². The second kappa shape index (κ2) is 5.76. The molecule has 8 aliphatic rings. The summed E-state index contributed by atoms with van der Waals surface area (Å²) in [5.41, 5.74) is 0.737. The van der Waals surface area contributed by atoms with Crippen molar-refractivity contribution in [1.29, 1.82) is 0 Å². The Bertz CT molecular complexity index is 607. The highest BCUT2D eigenvalue weighted by Crippen LogP contribution is 2.66. The molecule has 27 heavy (non-hydrogen) atoms. The van der Waals surface area contributed by atoms with Crippen LogP contribution in [0.3, 0.4) is 0 Å². The minimum atomic E-state index is 0.304. The number of hydrogen-bond donors (Lipinski definition) is 1. The first kappa shape index (κ1) is 17.8. The zero-order valence-corrected chi connectivity index (χ0v) is 18.5. The third-order valence-electron chi connectivity index (χ3n) is 10.0. The second-order valence-electron chi connectivity index (χ2n) is 12.4. The van der Waals surface area contributed by atoms with E-state index in [-0.39, 0.29) is 0 Å². The van der Waals surface area contributed by atoms with Crippen LogP contribution < -0.4 is 5.32 Å². The third-order valence-corrected chi connectivity index (χ3v) is 11.0. The summed E-state index contributed by atoms with van der Waals surface area (Å²) in [5.74, 6) is 5.01. The quantitative estimate of drug-likeness (QED) is 0.554. The van der Waals surface area contributed by atoms with E-state index in [0.29, 0.717) is 27.1 Å². The van der Waals surface area contributed by atoms with Crippen LogP contribution in [-0.4, -0.2) is 16.3 Å². The molecular weight excluding hydrogens is 398 g/mol. The summed E-state index contributed by atoms with van der Waals surface area (Å²) in [5, 5.41) is 3.57.